The standard InChI is InChI=1S/C3H7O3P.2C3H6/c1-2-3-6-7(4)5;2*1-3-2/h2-3H2,1H3;2*3H,1H2,2H3/p+1. The van der Waals surface area contributed by atoms with E-state index in [-0.39, 0.29) is 0 Å². The Morgan fingerprint density at radius 2 is 1.69 bits per heavy atom. The summed E-state index contributed by atoms with van der Waals surface area (Å²) in [6.07, 6.45) is 4.28. The Balaban J connectivity index is -0.000000140. The van der Waals surface area contributed by atoms with Crippen LogP contribution in [0.2, 0.25) is 0 Å². The summed E-state index contributed by atoms with van der Waals surface area (Å²) < 4.78 is 13.9. The summed E-state index contributed by atoms with van der Waals surface area (Å²) in [6.45, 7) is 12.7. The predicted molar refractivity (Wildman–Crippen MR) is 57.8 cm³/mol. The van der Waals surface area contributed by atoms with Gasteiger partial charge in [0, 0.05) is 4.57 Å². The van der Waals surface area contributed by atoms with Crippen LogP contribution in [0.3, 0.4) is 0 Å². The van der Waals surface area contributed by atoms with Gasteiger partial charge in [0.05, 0.1) is 0 Å². The molecule has 0 spiro atoms. The third-order valence-corrected chi connectivity index (χ3v) is 0.809. The van der Waals surface area contributed by atoms with E-state index in [0.717, 1.165) is 6.42 Å². The summed E-state index contributed by atoms with van der Waals surface area (Å²) in [6, 6.07) is 0. The van der Waals surface area contributed by atoms with Gasteiger partial charge < -0.3 is 0 Å². The highest BCUT2D eigenvalue weighted by Gasteiger charge is 2.08. The van der Waals surface area contributed by atoms with Gasteiger partial charge in [-0.1, -0.05) is 19.1 Å². The number of allylic oxidation sites excluding steroid dienone is 2. The molecule has 78 valence electrons. The molecule has 0 aliphatic heterocycles. The molecule has 0 aromatic carbocycles. The monoisotopic (exact) mass is 207 g/mol. The summed E-state index contributed by atoms with van der Waals surface area (Å²) in [5.41, 5.74) is 0. The molecule has 0 saturated carbocycles. The van der Waals surface area contributed by atoms with Gasteiger partial charge in [0.1, 0.15) is 6.61 Å². The molecule has 1 unspecified atom stereocenters. The number of hydrogen-bond donors (Lipinski definition) is 1. The summed E-state index contributed by atoms with van der Waals surface area (Å²) in [4.78, 5) is 7.97. The quantitative estimate of drug-likeness (QED) is 0.569. The van der Waals surface area contributed by atoms with Crippen molar-refractivity contribution in [3.05, 3.63) is 25.3 Å². The van der Waals surface area contributed by atoms with Crippen molar-refractivity contribution in [3.8, 4) is 0 Å². The third kappa shape index (κ3) is 84.7. The molecule has 0 amide bonds. The fourth-order valence-corrected chi connectivity index (χ4v) is 0.508. The van der Waals surface area contributed by atoms with Gasteiger partial charge in [-0.25, -0.2) is 0 Å². The first-order valence-electron chi connectivity index (χ1n) is 4.03. The van der Waals surface area contributed by atoms with Crippen molar-refractivity contribution >= 4 is 8.25 Å². The van der Waals surface area contributed by atoms with E-state index in [2.05, 4.69) is 17.7 Å². The van der Waals surface area contributed by atoms with Crippen LogP contribution in [0.5, 0.6) is 0 Å². The Kier molecular flexibility index (Phi) is 31.8. The lowest BCUT2D eigenvalue weighted by molar-refractivity contribution is 0.282. The maximum atomic E-state index is 9.68. The van der Waals surface area contributed by atoms with Crippen LogP contribution in [0.4, 0.5) is 0 Å². The molecule has 4 heteroatoms. The largest absolute Gasteiger partial charge is 0.694 e. The van der Waals surface area contributed by atoms with Crippen LogP contribution in [-0.4, -0.2) is 11.5 Å². The lowest BCUT2D eigenvalue weighted by Crippen LogP contribution is -1.79. The molecule has 0 aliphatic rings. The van der Waals surface area contributed by atoms with Gasteiger partial charge >= 0.3 is 8.25 Å². The molecule has 0 rings (SSSR count). The molecule has 0 aromatic heterocycles. The first-order valence-corrected chi connectivity index (χ1v) is 5.16. The van der Waals surface area contributed by atoms with Crippen molar-refractivity contribution in [2.75, 3.05) is 6.61 Å². The van der Waals surface area contributed by atoms with Gasteiger partial charge in [-0.2, -0.15) is 0 Å². The zero-order valence-electron chi connectivity index (χ0n) is 8.69. The molecule has 3 nitrogen and oxygen atoms in total. The van der Waals surface area contributed by atoms with Gasteiger partial charge in [-0.15, -0.1) is 22.6 Å². The summed E-state index contributed by atoms with van der Waals surface area (Å²) in [7, 11) is -2.36. The smallest absolute Gasteiger partial charge is 0.133 e. The first-order chi connectivity index (χ1) is 6.10. The molecule has 0 aromatic rings. The Morgan fingerprint density at radius 3 is 1.77 bits per heavy atom. The zero-order valence-corrected chi connectivity index (χ0v) is 9.59. The normalized spacial score (nSPS) is 8.15. The molecule has 0 fully saturated rings. The lowest BCUT2D eigenvalue weighted by atomic mass is 10.5. The molecule has 0 saturated heterocycles. The van der Waals surface area contributed by atoms with Crippen LogP contribution in [0, 0.1) is 0 Å². The second kappa shape index (κ2) is 22.5. The minimum atomic E-state index is -2.36. The van der Waals surface area contributed by atoms with Gasteiger partial charge in [-0.3, -0.25) is 0 Å². The Bertz CT molecular complexity index is 118. The highest BCUT2D eigenvalue weighted by molar-refractivity contribution is 7.32. The Labute approximate surface area is 82.1 Å². The van der Waals surface area contributed by atoms with Crippen LogP contribution in [-0.2, 0) is 9.09 Å². The Morgan fingerprint density at radius 1 is 1.38 bits per heavy atom. The highest BCUT2D eigenvalue weighted by atomic mass is 31.1. The first kappa shape index (κ1) is 18.3. The van der Waals surface area contributed by atoms with Crippen LogP contribution in [0.25, 0.3) is 0 Å². The maximum absolute atomic E-state index is 9.68. The van der Waals surface area contributed by atoms with Crippen LogP contribution < -0.4 is 0 Å². The highest BCUT2D eigenvalue weighted by Crippen LogP contribution is 2.13. The average molecular weight is 207 g/mol. The van der Waals surface area contributed by atoms with Crippen LogP contribution >= 0.6 is 8.25 Å². The van der Waals surface area contributed by atoms with E-state index < -0.39 is 8.25 Å². The zero-order chi connectivity index (χ0) is 11.1. The van der Waals surface area contributed by atoms with Crippen molar-refractivity contribution in [1.29, 1.82) is 0 Å². The van der Waals surface area contributed by atoms with E-state index in [9.17, 15) is 4.57 Å². The fourth-order valence-electron chi connectivity index (χ4n) is 0.169. The van der Waals surface area contributed by atoms with E-state index in [1.54, 1.807) is 12.2 Å². The molecule has 0 heterocycles. The SMILES string of the molecule is C=CC.C=CC.CCCO[P+](=O)O. The predicted octanol–water partition coefficient (Wildman–Crippen LogP) is 3.45. The second-order valence-corrected chi connectivity index (χ2v) is 2.62. The van der Waals surface area contributed by atoms with E-state index in [1.165, 1.54) is 0 Å². The summed E-state index contributed by atoms with van der Waals surface area (Å²) in [5, 5.41) is 0. The summed E-state index contributed by atoms with van der Waals surface area (Å²) >= 11 is 0. The van der Waals surface area contributed by atoms with Gasteiger partial charge in [-0.05, 0) is 20.3 Å². The molecule has 13 heavy (non-hydrogen) atoms. The van der Waals surface area contributed by atoms with Gasteiger partial charge in [0.2, 0.25) is 0 Å². The lowest BCUT2D eigenvalue weighted by Gasteiger charge is -1.76. The third-order valence-electron chi connectivity index (χ3n) is 0.406. The minimum absolute atomic E-state index is 0.367. The number of rotatable bonds is 3. The summed E-state index contributed by atoms with van der Waals surface area (Å²) in [5.74, 6) is 0. The second-order valence-electron chi connectivity index (χ2n) is 1.89. The number of hydrogen-bond acceptors (Lipinski definition) is 2. The average Bonchev–Trinajstić information content (AvgIpc) is 2.04. The molecular weight excluding hydrogens is 187 g/mol. The van der Waals surface area contributed by atoms with E-state index >= 15 is 0 Å². The van der Waals surface area contributed by atoms with Gasteiger partial charge in [0.25, 0.3) is 0 Å². The fraction of sp³-hybridized carbons (Fsp3) is 0.556. The molecule has 1 N–H and O–H groups in total. The van der Waals surface area contributed by atoms with E-state index in [1.807, 2.05) is 20.8 Å². The molecule has 0 radical (unpaired) electrons. The minimum Gasteiger partial charge on any atom is -0.133 e. The Hall–Kier alpha value is -0.500. The van der Waals surface area contributed by atoms with Crippen molar-refractivity contribution in [1.82, 2.24) is 0 Å². The topological polar surface area (TPSA) is 46.5 Å². The van der Waals surface area contributed by atoms with E-state index in [0.29, 0.717) is 6.61 Å². The van der Waals surface area contributed by atoms with Crippen molar-refractivity contribution < 1.29 is 14.0 Å². The van der Waals surface area contributed by atoms with Crippen molar-refractivity contribution in [2.45, 2.75) is 27.2 Å². The maximum Gasteiger partial charge on any atom is 0.694 e. The van der Waals surface area contributed by atoms with Crippen molar-refractivity contribution in [2.24, 2.45) is 0 Å². The molecule has 0 aliphatic carbocycles. The van der Waals surface area contributed by atoms with Crippen molar-refractivity contribution in [3.63, 3.8) is 0 Å². The molecular formula is C9H20O3P+. The van der Waals surface area contributed by atoms with Gasteiger partial charge in [0.15, 0.2) is 0 Å². The molecule has 0 bridgehead atoms. The van der Waals surface area contributed by atoms with Crippen LogP contribution in [0.1, 0.15) is 27.2 Å². The van der Waals surface area contributed by atoms with Crippen LogP contribution in [0.15, 0.2) is 25.3 Å². The molecule has 1 atom stereocenters. The van der Waals surface area contributed by atoms with E-state index in [4.69, 9.17) is 4.89 Å².